The van der Waals surface area contributed by atoms with Crippen LogP contribution in [0.5, 0.6) is 0 Å². The first kappa shape index (κ1) is 32.3. The van der Waals surface area contributed by atoms with Gasteiger partial charge in [-0.1, -0.05) is 50.5 Å². The molecule has 10 heteroatoms. The Kier molecular flexibility index (Phi) is 12.4. The Morgan fingerprint density at radius 3 is 2.50 bits per heavy atom. The van der Waals surface area contributed by atoms with Crippen molar-refractivity contribution >= 4 is 34.6 Å². The van der Waals surface area contributed by atoms with Crippen molar-refractivity contribution in [3.8, 4) is 0 Å². The van der Waals surface area contributed by atoms with Crippen LogP contribution in [0.3, 0.4) is 0 Å². The van der Waals surface area contributed by atoms with Gasteiger partial charge < -0.3 is 29.6 Å². The maximum atomic E-state index is 12.0. The number of carbonyl (C=O) groups excluding carboxylic acids is 2. The van der Waals surface area contributed by atoms with Crippen molar-refractivity contribution in [1.29, 1.82) is 0 Å². The largest absolute Gasteiger partial charge is 0.466 e. The molecular formula is C34H44N6O4. The monoisotopic (exact) mass is 600 g/mol. The lowest BCUT2D eigenvalue weighted by Crippen LogP contribution is -2.27. The standard InChI is InChI=1S/C34H44N6O4/c1-4-6-7-10-21-44-34(42)37-23-26-12-15-28(16-13-26)36-24-32-38-29-22-27(14-17-30(29)39(32)3)25-40(20-18-33(41)43-5-2)31-11-8-9-19-35-31/h8-9,11-17,19,22,36H,4-7,10,18,20-21,23-25H2,1-3H3,(H,37,42). The summed E-state index contributed by atoms with van der Waals surface area (Å²) >= 11 is 0. The Labute approximate surface area is 259 Å². The molecule has 2 N–H and O–H groups in total. The number of amides is 1. The Morgan fingerprint density at radius 1 is 0.932 bits per heavy atom. The summed E-state index contributed by atoms with van der Waals surface area (Å²) < 4.78 is 12.5. The van der Waals surface area contributed by atoms with Gasteiger partial charge in [-0.3, -0.25) is 4.79 Å². The van der Waals surface area contributed by atoms with E-state index in [9.17, 15) is 9.59 Å². The molecule has 0 fully saturated rings. The Morgan fingerprint density at radius 2 is 1.75 bits per heavy atom. The van der Waals surface area contributed by atoms with Gasteiger partial charge in [-0.25, -0.2) is 14.8 Å². The molecule has 1 amide bonds. The predicted molar refractivity (Wildman–Crippen MR) is 173 cm³/mol. The van der Waals surface area contributed by atoms with Crippen LogP contribution in [0.25, 0.3) is 11.0 Å². The first-order valence-electron chi connectivity index (χ1n) is 15.5. The summed E-state index contributed by atoms with van der Waals surface area (Å²) in [7, 11) is 2.02. The summed E-state index contributed by atoms with van der Waals surface area (Å²) in [5.41, 5.74) is 4.99. The van der Waals surface area contributed by atoms with Gasteiger partial charge in [-0.05, 0) is 60.9 Å². The molecule has 0 aliphatic rings. The van der Waals surface area contributed by atoms with Gasteiger partial charge in [0, 0.05) is 38.6 Å². The van der Waals surface area contributed by atoms with Crippen molar-refractivity contribution in [1.82, 2.24) is 19.9 Å². The molecule has 0 aliphatic carbocycles. The number of imidazole rings is 1. The number of hydrogen-bond donors (Lipinski definition) is 2. The highest BCUT2D eigenvalue weighted by molar-refractivity contribution is 5.77. The number of carbonyl (C=O) groups is 2. The molecule has 0 saturated heterocycles. The molecule has 0 atom stereocenters. The van der Waals surface area contributed by atoms with Crippen LogP contribution >= 0.6 is 0 Å². The van der Waals surface area contributed by atoms with E-state index in [1.165, 1.54) is 0 Å². The lowest BCUT2D eigenvalue weighted by atomic mass is 10.1. The molecule has 2 aromatic heterocycles. The highest BCUT2D eigenvalue weighted by Crippen LogP contribution is 2.21. The van der Waals surface area contributed by atoms with Gasteiger partial charge in [0.15, 0.2) is 0 Å². The van der Waals surface area contributed by atoms with Crippen LogP contribution in [0.2, 0.25) is 0 Å². The van der Waals surface area contributed by atoms with Gasteiger partial charge in [0.1, 0.15) is 11.6 Å². The number of anilines is 2. The van der Waals surface area contributed by atoms with Crippen LogP contribution in [0.4, 0.5) is 16.3 Å². The summed E-state index contributed by atoms with van der Waals surface area (Å²) in [4.78, 5) is 35.4. The Bertz CT molecular complexity index is 1470. The lowest BCUT2D eigenvalue weighted by Gasteiger charge is -2.23. The molecule has 0 aliphatic heterocycles. The molecule has 10 nitrogen and oxygen atoms in total. The van der Waals surface area contributed by atoms with Crippen LogP contribution in [-0.2, 0) is 41.0 Å². The average Bonchev–Trinajstić information content (AvgIpc) is 3.36. The molecule has 0 spiro atoms. The Hall–Kier alpha value is -4.60. The minimum Gasteiger partial charge on any atom is -0.466 e. The molecule has 2 aromatic carbocycles. The fourth-order valence-electron chi connectivity index (χ4n) is 4.89. The number of nitrogens with zero attached hydrogens (tertiary/aromatic N) is 4. The van der Waals surface area contributed by atoms with Crippen molar-refractivity contribution in [3.63, 3.8) is 0 Å². The first-order valence-corrected chi connectivity index (χ1v) is 15.5. The van der Waals surface area contributed by atoms with E-state index in [0.717, 1.165) is 65.2 Å². The van der Waals surface area contributed by atoms with Crippen molar-refractivity contribution < 1.29 is 19.1 Å². The molecule has 0 unspecified atom stereocenters. The fourth-order valence-corrected chi connectivity index (χ4v) is 4.89. The van der Waals surface area contributed by atoms with Gasteiger partial charge in [-0.15, -0.1) is 0 Å². The summed E-state index contributed by atoms with van der Waals surface area (Å²) in [5.74, 6) is 1.50. The zero-order valence-electron chi connectivity index (χ0n) is 26.1. The van der Waals surface area contributed by atoms with Gasteiger partial charge in [0.05, 0.1) is 37.2 Å². The van der Waals surface area contributed by atoms with Crippen LogP contribution in [0, 0.1) is 0 Å². The number of unbranched alkanes of at least 4 members (excludes halogenated alkanes) is 3. The smallest absolute Gasteiger partial charge is 0.407 e. The second-order valence-corrected chi connectivity index (χ2v) is 10.7. The van der Waals surface area contributed by atoms with Crippen LogP contribution in [0.15, 0.2) is 66.9 Å². The third kappa shape index (κ3) is 9.72. The second-order valence-electron chi connectivity index (χ2n) is 10.7. The Balaban J connectivity index is 1.32. The molecule has 4 aromatic rings. The number of nitrogens with one attached hydrogen (secondary N) is 2. The van der Waals surface area contributed by atoms with E-state index in [1.807, 2.05) is 56.4 Å². The average molecular weight is 601 g/mol. The van der Waals surface area contributed by atoms with Gasteiger partial charge >= 0.3 is 12.1 Å². The summed E-state index contributed by atoms with van der Waals surface area (Å²) in [6.07, 6.45) is 5.97. The quantitative estimate of drug-likeness (QED) is 0.107. The van der Waals surface area contributed by atoms with Gasteiger partial charge in [0.25, 0.3) is 0 Å². The van der Waals surface area contributed by atoms with E-state index >= 15 is 0 Å². The maximum absolute atomic E-state index is 12.0. The second kappa shape index (κ2) is 16.9. The predicted octanol–water partition coefficient (Wildman–Crippen LogP) is 6.35. The summed E-state index contributed by atoms with van der Waals surface area (Å²) in [6, 6.07) is 20.0. The molecule has 2 heterocycles. The van der Waals surface area contributed by atoms with E-state index in [2.05, 4.69) is 50.2 Å². The van der Waals surface area contributed by atoms with Gasteiger partial charge in [-0.2, -0.15) is 0 Å². The van der Waals surface area contributed by atoms with Crippen LogP contribution in [0.1, 0.15) is 62.9 Å². The molecule has 0 radical (unpaired) electrons. The third-order valence-corrected chi connectivity index (χ3v) is 7.35. The number of alkyl carbamates (subject to hydrolysis) is 1. The normalized spacial score (nSPS) is 10.9. The molecule has 234 valence electrons. The van der Waals surface area contributed by atoms with E-state index in [-0.39, 0.29) is 18.5 Å². The zero-order valence-corrected chi connectivity index (χ0v) is 26.1. The van der Waals surface area contributed by atoms with E-state index < -0.39 is 0 Å². The highest BCUT2D eigenvalue weighted by atomic mass is 16.5. The number of hydrogen-bond acceptors (Lipinski definition) is 8. The van der Waals surface area contributed by atoms with Crippen molar-refractivity contribution in [3.05, 3.63) is 83.8 Å². The summed E-state index contributed by atoms with van der Waals surface area (Å²) in [6.45, 7) is 6.87. The van der Waals surface area contributed by atoms with Crippen molar-refractivity contribution in [2.24, 2.45) is 7.05 Å². The van der Waals surface area contributed by atoms with E-state index in [0.29, 0.717) is 39.4 Å². The molecule has 4 rings (SSSR count). The molecule has 0 bridgehead atoms. The highest BCUT2D eigenvalue weighted by Gasteiger charge is 2.14. The number of benzene rings is 2. The molecule has 0 saturated carbocycles. The van der Waals surface area contributed by atoms with Crippen molar-refractivity contribution in [2.45, 2.75) is 65.6 Å². The number of fused-ring (bicyclic) bond motifs is 1. The summed E-state index contributed by atoms with van der Waals surface area (Å²) in [5, 5.41) is 6.26. The third-order valence-electron chi connectivity index (χ3n) is 7.35. The molecule has 44 heavy (non-hydrogen) atoms. The van der Waals surface area contributed by atoms with E-state index in [4.69, 9.17) is 14.5 Å². The minimum absolute atomic E-state index is 0.217. The number of pyridine rings is 1. The lowest BCUT2D eigenvalue weighted by molar-refractivity contribution is -0.142. The zero-order chi connectivity index (χ0) is 31.1. The topological polar surface area (TPSA) is 111 Å². The minimum atomic E-state index is -0.380. The first-order chi connectivity index (χ1) is 21.5. The number of ether oxygens (including phenoxy) is 2. The van der Waals surface area contributed by atoms with E-state index in [1.54, 1.807) is 6.20 Å². The number of rotatable bonds is 17. The fraction of sp³-hybridized carbons (Fsp3) is 0.412. The van der Waals surface area contributed by atoms with Crippen LogP contribution in [-0.4, -0.2) is 46.4 Å². The van der Waals surface area contributed by atoms with Crippen molar-refractivity contribution in [2.75, 3.05) is 30.0 Å². The SMILES string of the molecule is CCCCCCOC(=O)NCc1ccc(NCc2nc3cc(CN(CCC(=O)OCC)c4ccccn4)ccc3n2C)cc1. The molecular weight excluding hydrogens is 556 g/mol. The van der Waals surface area contributed by atoms with Gasteiger partial charge in [0.2, 0.25) is 0 Å². The maximum Gasteiger partial charge on any atom is 0.407 e. The number of aryl methyl sites for hydroxylation is 1. The number of aromatic nitrogens is 3. The number of esters is 1. The van der Waals surface area contributed by atoms with Crippen LogP contribution < -0.4 is 15.5 Å².